The van der Waals surface area contributed by atoms with Crippen LogP contribution in [0.2, 0.25) is 0 Å². The first kappa shape index (κ1) is 16.8. The summed E-state index contributed by atoms with van der Waals surface area (Å²) in [7, 11) is 0. The largest absolute Gasteiger partial charge is 0.417 e. The van der Waals surface area contributed by atoms with Gasteiger partial charge in [-0.2, -0.15) is 0 Å². The van der Waals surface area contributed by atoms with Crippen LogP contribution in [-0.2, 0) is 0 Å². The number of nitrogens with one attached hydrogen (secondary N) is 1. The molecule has 3 aromatic rings. The Labute approximate surface area is 150 Å². The fourth-order valence-electron chi connectivity index (χ4n) is 2.06. The van der Waals surface area contributed by atoms with Crippen molar-refractivity contribution < 1.29 is 9.53 Å². The van der Waals surface area contributed by atoms with Gasteiger partial charge in [0.1, 0.15) is 5.75 Å². The van der Waals surface area contributed by atoms with Crippen molar-refractivity contribution in [2.75, 3.05) is 5.32 Å². The molecule has 0 heterocycles. The van der Waals surface area contributed by atoms with E-state index < -0.39 is 6.09 Å². The molecule has 3 rings (SSSR count). The number of anilines is 1. The predicted molar refractivity (Wildman–Crippen MR) is 102 cm³/mol. The molecule has 0 saturated heterocycles. The van der Waals surface area contributed by atoms with Crippen molar-refractivity contribution in [1.82, 2.24) is 0 Å². The summed E-state index contributed by atoms with van der Waals surface area (Å²) < 4.78 is 9.64. The highest BCUT2D eigenvalue weighted by Crippen LogP contribution is 2.19. The Morgan fingerprint density at radius 1 is 0.920 bits per heavy atom. The van der Waals surface area contributed by atoms with Gasteiger partial charge in [0, 0.05) is 28.7 Å². The molecule has 0 radical (unpaired) electrons. The van der Waals surface area contributed by atoms with Crippen molar-refractivity contribution in [3.05, 3.63) is 90.5 Å². The zero-order chi connectivity index (χ0) is 17.3. The summed E-state index contributed by atoms with van der Waals surface area (Å²) in [4.78, 5) is 13.0. The number of hydrogen-bond acceptors (Lipinski definition) is 4. The molecule has 25 heavy (non-hydrogen) atoms. The molecular weight excluding hydrogens is 332 g/mol. The number of ether oxygens (including phenoxy) is 1. The molecule has 1 amide bonds. The molecule has 0 aliphatic rings. The van der Waals surface area contributed by atoms with Crippen LogP contribution in [0.15, 0.2) is 94.2 Å². The number of carbonyl (C=O) groups is 1. The second kappa shape index (κ2) is 8.70. The van der Waals surface area contributed by atoms with E-state index in [9.17, 15) is 4.79 Å². The number of hydrogen-bond donors (Lipinski definition) is 1. The Kier molecular flexibility index (Phi) is 5.85. The van der Waals surface area contributed by atoms with Crippen LogP contribution < -0.4 is 10.1 Å². The zero-order valence-corrected chi connectivity index (χ0v) is 14.1. The number of para-hydroxylation sites is 1. The van der Waals surface area contributed by atoms with Gasteiger partial charge in [0.25, 0.3) is 0 Å². The van der Waals surface area contributed by atoms with Crippen molar-refractivity contribution in [3.8, 4) is 5.75 Å². The van der Waals surface area contributed by atoms with Crippen LogP contribution in [0.1, 0.15) is 5.56 Å². The molecule has 3 aromatic carbocycles. The smallest absolute Gasteiger partial charge is 0.410 e. The molecule has 124 valence electrons. The van der Waals surface area contributed by atoms with Gasteiger partial charge < -0.3 is 4.74 Å². The molecule has 0 aromatic heterocycles. The van der Waals surface area contributed by atoms with Crippen LogP contribution in [-0.4, -0.2) is 12.3 Å². The first-order chi connectivity index (χ1) is 12.3. The van der Waals surface area contributed by atoms with E-state index in [1.54, 1.807) is 30.5 Å². The van der Waals surface area contributed by atoms with Crippen LogP contribution in [0.5, 0.6) is 5.75 Å². The Morgan fingerprint density at radius 3 is 2.40 bits per heavy atom. The fourth-order valence-corrected chi connectivity index (χ4v) is 2.63. The molecule has 1 N–H and O–H groups in total. The van der Waals surface area contributed by atoms with Crippen LogP contribution in [0.3, 0.4) is 0 Å². The van der Waals surface area contributed by atoms with E-state index in [1.165, 1.54) is 11.9 Å². The monoisotopic (exact) mass is 348 g/mol. The van der Waals surface area contributed by atoms with Crippen molar-refractivity contribution in [2.45, 2.75) is 4.90 Å². The highest BCUT2D eigenvalue weighted by atomic mass is 32.2. The summed E-state index contributed by atoms with van der Waals surface area (Å²) in [6.07, 6.45) is 1.21. The van der Waals surface area contributed by atoms with Gasteiger partial charge in [-0.15, -0.1) is 0 Å². The number of benzene rings is 3. The van der Waals surface area contributed by atoms with E-state index in [2.05, 4.69) is 9.71 Å². The molecular formula is C20H16N2O2S. The third-order valence-electron chi connectivity index (χ3n) is 3.19. The Balaban J connectivity index is 1.58. The van der Waals surface area contributed by atoms with E-state index >= 15 is 0 Å². The SMILES string of the molecule is O=C(Nc1ccccc1)Oc1cccc(/C=N/Sc2ccccc2)c1. The molecule has 0 spiro atoms. The van der Waals surface area contributed by atoms with E-state index in [0.717, 1.165) is 10.5 Å². The first-order valence-corrected chi connectivity index (χ1v) is 8.46. The van der Waals surface area contributed by atoms with E-state index in [1.807, 2.05) is 60.7 Å². The number of nitrogens with zero attached hydrogens (tertiary/aromatic N) is 1. The molecule has 0 saturated carbocycles. The average Bonchev–Trinajstić information content (AvgIpc) is 2.64. The van der Waals surface area contributed by atoms with Gasteiger partial charge in [-0.05, 0) is 42.0 Å². The van der Waals surface area contributed by atoms with E-state index in [-0.39, 0.29) is 0 Å². The maximum absolute atomic E-state index is 11.9. The second-order valence-corrected chi connectivity index (χ2v) is 5.96. The fraction of sp³-hybridized carbons (Fsp3) is 0. The highest BCUT2D eigenvalue weighted by Gasteiger charge is 2.05. The molecule has 0 atom stereocenters. The summed E-state index contributed by atoms with van der Waals surface area (Å²) >= 11 is 1.39. The minimum Gasteiger partial charge on any atom is -0.410 e. The quantitative estimate of drug-likeness (QED) is 0.494. The Morgan fingerprint density at radius 2 is 1.64 bits per heavy atom. The lowest BCUT2D eigenvalue weighted by molar-refractivity contribution is 0.215. The van der Waals surface area contributed by atoms with Gasteiger partial charge in [-0.25, -0.2) is 9.19 Å². The Bertz CT molecular complexity index is 852. The minimum atomic E-state index is -0.529. The molecule has 0 bridgehead atoms. The molecule has 0 unspecified atom stereocenters. The second-order valence-electron chi connectivity index (χ2n) is 5.09. The summed E-state index contributed by atoms with van der Waals surface area (Å²) in [5, 5.41) is 2.68. The summed E-state index contributed by atoms with van der Waals surface area (Å²) in [5.41, 5.74) is 1.54. The third-order valence-corrected chi connectivity index (χ3v) is 3.89. The summed E-state index contributed by atoms with van der Waals surface area (Å²) in [6.45, 7) is 0. The van der Waals surface area contributed by atoms with Crippen LogP contribution in [0.4, 0.5) is 10.5 Å². The number of rotatable bonds is 5. The topological polar surface area (TPSA) is 50.7 Å². The zero-order valence-electron chi connectivity index (χ0n) is 13.3. The van der Waals surface area contributed by atoms with Crippen molar-refractivity contribution in [3.63, 3.8) is 0 Å². The van der Waals surface area contributed by atoms with E-state index in [4.69, 9.17) is 4.74 Å². The average molecular weight is 348 g/mol. The Hall–Kier alpha value is -3.05. The molecule has 4 nitrogen and oxygen atoms in total. The van der Waals surface area contributed by atoms with Gasteiger partial charge in [0.15, 0.2) is 0 Å². The first-order valence-electron chi connectivity index (χ1n) is 7.69. The van der Waals surface area contributed by atoms with Gasteiger partial charge in [0.05, 0.1) is 0 Å². The molecule has 5 heteroatoms. The predicted octanol–water partition coefficient (Wildman–Crippen LogP) is 5.42. The van der Waals surface area contributed by atoms with E-state index in [0.29, 0.717) is 11.4 Å². The van der Waals surface area contributed by atoms with Gasteiger partial charge in [0.2, 0.25) is 0 Å². The standard InChI is InChI=1S/C20H16N2O2S/c23-20(22-17-9-3-1-4-10-17)24-18-11-7-8-16(14-18)15-21-25-19-12-5-2-6-13-19/h1-15H,(H,22,23)/b21-15+. The lowest BCUT2D eigenvalue weighted by Crippen LogP contribution is -2.16. The summed E-state index contributed by atoms with van der Waals surface area (Å²) in [6, 6.07) is 26.3. The minimum absolute atomic E-state index is 0.460. The summed E-state index contributed by atoms with van der Waals surface area (Å²) in [5.74, 6) is 0.460. The molecule has 0 aliphatic carbocycles. The number of amides is 1. The lowest BCUT2D eigenvalue weighted by atomic mass is 10.2. The molecule has 0 fully saturated rings. The van der Waals surface area contributed by atoms with Gasteiger partial charge >= 0.3 is 6.09 Å². The van der Waals surface area contributed by atoms with Crippen LogP contribution >= 0.6 is 11.9 Å². The van der Waals surface area contributed by atoms with Crippen LogP contribution in [0, 0.1) is 0 Å². The van der Waals surface area contributed by atoms with Crippen LogP contribution in [0.25, 0.3) is 0 Å². The normalized spacial score (nSPS) is 10.6. The third kappa shape index (κ3) is 5.51. The van der Waals surface area contributed by atoms with Gasteiger partial charge in [-0.3, -0.25) is 5.32 Å². The highest BCUT2D eigenvalue weighted by molar-refractivity contribution is 7.98. The van der Waals surface area contributed by atoms with Crippen molar-refractivity contribution in [1.29, 1.82) is 0 Å². The maximum atomic E-state index is 11.9. The van der Waals surface area contributed by atoms with Gasteiger partial charge in [-0.1, -0.05) is 48.5 Å². The molecule has 0 aliphatic heterocycles. The lowest BCUT2D eigenvalue weighted by Gasteiger charge is -2.06. The maximum Gasteiger partial charge on any atom is 0.417 e. The van der Waals surface area contributed by atoms with Crippen molar-refractivity contribution in [2.24, 2.45) is 4.40 Å². The number of carbonyl (C=O) groups excluding carboxylic acids is 1. The van der Waals surface area contributed by atoms with Crippen molar-refractivity contribution >= 4 is 29.9 Å².